The van der Waals surface area contributed by atoms with Crippen LogP contribution in [-0.2, 0) is 0 Å². The highest BCUT2D eigenvalue weighted by Gasteiger charge is 2.10. The SMILES string of the molecule is Cc1ccc(NC(=O)c2ccc(Cl)c(I)c2)c(O)c1. The molecule has 0 bridgehead atoms. The molecule has 19 heavy (non-hydrogen) atoms. The summed E-state index contributed by atoms with van der Waals surface area (Å²) >= 11 is 7.97. The first-order valence-corrected chi connectivity index (χ1v) is 6.99. The molecule has 2 rings (SSSR count). The van der Waals surface area contributed by atoms with Crippen LogP contribution < -0.4 is 5.32 Å². The van der Waals surface area contributed by atoms with Gasteiger partial charge in [0.2, 0.25) is 0 Å². The van der Waals surface area contributed by atoms with Crippen LogP contribution in [0, 0.1) is 10.5 Å². The van der Waals surface area contributed by atoms with Gasteiger partial charge in [0.1, 0.15) is 5.75 Å². The molecule has 0 saturated carbocycles. The molecule has 0 aliphatic heterocycles. The number of carbonyl (C=O) groups is 1. The highest BCUT2D eigenvalue weighted by molar-refractivity contribution is 14.1. The molecule has 0 radical (unpaired) electrons. The van der Waals surface area contributed by atoms with Gasteiger partial charge < -0.3 is 10.4 Å². The van der Waals surface area contributed by atoms with E-state index in [2.05, 4.69) is 27.9 Å². The minimum absolute atomic E-state index is 0.0528. The lowest BCUT2D eigenvalue weighted by atomic mass is 10.2. The summed E-state index contributed by atoms with van der Waals surface area (Å²) in [6.07, 6.45) is 0. The third-order valence-electron chi connectivity index (χ3n) is 2.58. The van der Waals surface area contributed by atoms with Crippen molar-refractivity contribution in [2.75, 3.05) is 5.32 Å². The lowest BCUT2D eigenvalue weighted by molar-refractivity contribution is 0.102. The maximum atomic E-state index is 12.0. The molecule has 0 saturated heterocycles. The molecule has 0 aliphatic carbocycles. The predicted molar refractivity (Wildman–Crippen MR) is 85.0 cm³/mol. The number of halogens is 2. The van der Waals surface area contributed by atoms with Crippen LogP contribution in [0.1, 0.15) is 15.9 Å². The summed E-state index contributed by atoms with van der Waals surface area (Å²) in [6.45, 7) is 1.87. The van der Waals surface area contributed by atoms with Crippen molar-refractivity contribution in [1.29, 1.82) is 0 Å². The van der Waals surface area contributed by atoms with Gasteiger partial charge in [-0.3, -0.25) is 4.79 Å². The molecule has 2 aromatic rings. The zero-order valence-corrected chi connectivity index (χ0v) is 13.0. The Hall–Kier alpha value is -1.27. The van der Waals surface area contributed by atoms with Crippen molar-refractivity contribution in [2.24, 2.45) is 0 Å². The molecule has 98 valence electrons. The molecule has 2 aromatic carbocycles. The Morgan fingerprint density at radius 3 is 2.63 bits per heavy atom. The highest BCUT2D eigenvalue weighted by atomic mass is 127. The molecule has 0 spiro atoms. The number of hydrogen-bond donors (Lipinski definition) is 2. The van der Waals surface area contributed by atoms with Crippen molar-refractivity contribution >= 4 is 45.8 Å². The van der Waals surface area contributed by atoms with Crippen LogP contribution in [-0.4, -0.2) is 11.0 Å². The Balaban J connectivity index is 2.23. The van der Waals surface area contributed by atoms with Gasteiger partial charge in [-0.05, 0) is 65.4 Å². The predicted octanol–water partition coefficient (Wildman–Crippen LogP) is 4.21. The molecule has 0 fully saturated rings. The van der Waals surface area contributed by atoms with Crippen molar-refractivity contribution in [1.82, 2.24) is 0 Å². The molecule has 0 aromatic heterocycles. The van der Waals surface area contributed by atoms with Crippen molar-refractivity contribution < 1.29 is 9.90 Å². The van der Waals surface area contributed by atoms with Gasteiger partial charge in [-0.2, -0.15) is 0 Å². The largest absolute Gasteiger partial charge is 0.506 e. The molecule has 3 nitrogen and oxygen atoms in total. The van der Waals surface area contributed by atoms with Crippen LogP contribution in [0.25, 0.3) is 0 Å². The average molecular weight is 388 g/mol. The van der Waals surface area contributed by atoms with E-state index in [1.54, 1.807) is 30.3 Å². The fourth-order valence-electron chi connectivity index (χ4n) is 1.58. The van der Waals surface area contributed by atoms with Gasteiger partial charge in [-0.1, -0.05) is 17.7 Å². The fourth-order valence-corrected chi connectivity index (χ4v) is 2.21. The number of hydrogen-bond acceptors (Lipinski definition) is 2. The van der Waals surface area contributed by atoms with E-state index in [-0.39, 0.29) is 11.7 Å². The van der Waals surface area contributed by atoms with E-state index in [4.69, 9.17) is 11.6 Å². The summed E-state index contributed by atoms with van der Waals surface area (Å²) in [7, 11) is 0. The van der Waals surface area contributed by atoms with Gasteiger partial charge in [0, 0.05) is 9.13 Å². The third-order valence-corrected chi connectivity index (χ3v) is 4.12. The Bertz CT molecular complexity index is 643. The monoisotopic (exact) mass is 387 g/mol. The van der Waals surface area contributed by atoms with Crippen LogP contribution in [0.5, 0.6) is 5.75 Å². The Morgan fingerprint density at radius 2 is 2.00 bits per heavy atom. The molecule has 0 heterocycles. The van der Waals surface area contributed by atoms with Gasteiger partial charge in [-0.25, -0.2) is 0 Å². The first kappa shape index (κ1) is 14.1. The Kier molecular flexibility index (Phi) is 4.31. The number of nitrogens with one attached hydrogen (secondary N) is 1. The summed E-state index contributed by atoms with van der Waals surface area (Å²) in [5.41, 5.74) is 1.81. The number of aromatic hydroxyl groups is 1. The van der Waals surface area contributed by atoms with Gasteiger partial charge in [-0.15, -0.1) is 0 Å². The van der Waals surface area contributed by atoms with Gasteiger partial charge in [0.25, 0.3) is 5.91 Å². The van der Waals surface area contributed by atoms with E-state index in [0.717, 1.165) is 9.13 Å². The zero-order chi connectivity index (χ0) is 14.0. The lowest BCUT2D eigenvalue weighted by Crippen LogP contribution is -2.12. The number of anilines is 1. The molecule has 0 atom stereocenters. The van der Waals surface area contributed by atoms with E-state index < -0.39 is 0 Å². The summed E-state index contributed by atoms with van der Waals surface area (Å²) in [6, 6.07) is 10.1. The van der Waals surface area contributed by atoms with Gasteiger partial charge in [0.05, 0.1) is 10.7 Å². The van der Waals surface area contributed by atoms with E-state index >= 15 is 0 Å². The normalized spacial score (nSPS) is 10.3. The topological polar surface area (TPSA) is 49.3 Å². The average Bonchev–Trinajstić information content (AvgIpc) is 2.36. The number of aryl methyl sites for hydroxylation is 1. The third kappa shape index (κ3) is 3.39. The molecule has 0 aliphatic rings. The van der Waals surface area contributed by atoms with Crippen LogP contribution in [0.15, 0.2) is 36.4 Å². The summed E-state index contributed by atoms with van der Waals surface area (Å²) in [4.78, 5) is 12.0. The highest BCUT2D eigenvalue weighted by Crippen LogP contribution is 2.25. The van der Waals surface area contributed by atoms with E-state index in [1.807, 2.05) is 13.0 Å². The maximum absolute atomic E-state index is 12.0. The first-order chi connectivity index (χ1) is 8.97. The quantitative estimate of drug-likeness (QED) is 0.599. The summed E-state index contributed by atoms with van der Waals surface area (Å²) < 4.78 is 0.806. The van der Waals surface area contributed by atoms with Crippen molar-refractivity contribution in [3.8, 4) is 5.75 Å². The van der Waals surface area contributed by atoms with Crippen LogP contribution in [0.4, 0.5) is 5.69 Å². The zero-order valence-electron chi connectivity index (χ0n) is 10.1. The van der Waals surface area contributed by atoms with Gasteiger partial charge >= 0.3 is 0 Å². The summed E-state index contributed by atoms with van der Waals surface area (Å²) in [5.74, 6) is -0.231. The molecule has 1 amide bonds. The minimum Gasteiger partial charge on any atom is -0.506 e. The number of phenols is 1. The first-order valence-electron chi connectivity index (χ1n) is 5.53. The number of rotatable bonds is 2. The van der Waals surface area contributed by atoms with Crippen LogP contribution >= 0.6 is 34.2 Å². The molecule has 5 heteroatoms. The van der Waals surface area contributed by atoms with Crippen molar-refractivity contribution in [3.63, 3.8) is 0 Å². The number of phenolic OH excluding ortho intramolecular Hbond substituents is 1. The van der Waals surface area contributed by atoms with E-state index in [0.29, 0.717) is 16.3 Å². The number of carbonyl (C=O) groups excluding carboxylic acids is 1. The molecular formula is C14H11ClINO2. The van der Waals surface area contributed by atoms with Crippen molar-refractivity contribution in [2.45, 2.75) is 6.92 Å². The lowest BCUT2D eigenvalue weighted by Gasteiger charge is -2.08. The number of amides is 1. The Labute approximate surface area is 129 Å². The standard InChI is InChI=1S/C14H11ClINO2/c1-8-2-5-12(13(18)6-8)17-14(19)9-3-4-10(15)11(16)7-9/h2-7,18H,1H3,(H,17,19). The molecule has 0 unspecified atom stereocenters. The van der Waals surface area contributed by atoms with E-state index in [9.17, 15) is 9.90 Å². The smallest absolute Gasteiger partial charge is 0.255 e. The second-order valence-corrected chi connectivity index (χ2v) is 5.67. The van der Waals surface area contributed by atoms with Gasteiger partial charge in [0.15, 0.2) is 0 Å². The molecular weight excluding hydrogens is 377 g/mol. The molecule has 2 N–H and O–H groups in total. The fraction of sp³-hybridized carbons (Fsp3) is 0.0714. The maximum Gasteiger partial charge on any atom is 0.255 e. The second kappa shape index (κ2) is 5.79. The minimum atomic E-state index is -0.284. The van der Waals surface area contributed by atoms with Crippen LogP contribution in [0.2, 0.25) is 5.02 Å². The van der Waals surface area contributed by atoms with Crippen molar-refractivity contribution in [3.05, 3.63) is 56.1 Å². The second-order valence-electron chi connectivity index (χ2n) is 4.10. The van der Waals surface area contributed by atoms with E-state index in [1.165, 1.54) is 0 Å². The van der Waals surface area contributed by atoms with Crippen LogP contribution in [0.3, 0.4) is 0 Å². The Morgan fingerprint density at radius 1 is 1.26 bits per heavy atom. The summed E-state index contributed by atoms with van der Waals surface area (Å²) in [5, 5.41) is 13.0. The number of benzene rings is 2.